The first-order valence-corrected chi connectivity index (χ1v) is 20.9. The number of alkyl halides is 2. The maximum Gasteiger partial charge on any atom is 0.387 e. The molecule has 0 spiro atoms. The van der Waals surface area contributed by atoms with E-state index in [0.717, 1.165) is 74.3 Å². The normalized spacial score (nSPS) is 18.9. The molecule has 3 aliphatic rings. The van der Waals surface area contributed by atoms with Gasteiger partial charge in [-0.3, -0.25) is 24.2 Å². The van der Waals surface area contributed by atoms with Crippen LogP contribution in [-0.2, 0) is 38.8 Å². The number of carbonyl (C=O) groups excluding carboxylic acids is 2. The number of aryl methyl sites for hydroxylation is 1. The molecule has 0 bridgehead atoms. The number of hydrogen-bond donors (Lipinski definition) is 2. The molecular weight excluding hydrogens is 767 g/mol. The maximum atomic E-state index is 13.8. The van der Waals surface area contributed by atoms with Gasteiger partial charge >= 0.3 is 6.61 Å². The van der Waals surface area contributed by atoms with Gasteiger partial charge in [0.25, 0.3) is 0 Å². The third-order valence-corrected chi connectivity index (χ3v) is 12.9. The van der Waals surface area contributed by atoms with Gasteiger partial charge in [-0.15, -0.1) is 0 Å². The van der Waals surface area contributed by atoms with Crippen LogP contribution in [-0.4, -0.2) is 107 Å². The van der Waals surface area contributed by atoms with Crippen molar-refractivity contribution in [3.8, 4) is 6.07 Å². The Morgan fingerprint density at radius 2 is 1.90 bits per heavy atom. The molecule has 1 saturated carbocycles. The van der Waals surface area contributed by atoms with Crippen molar-refractivity contribution in [2.45, 2.75) is 74.8 Å². The van der Waals surface area contributed by atoms with Crippen LogP contribution in [0.25, 0.3) is 10.9 Å². The summed E-state index contributed by atoms with van der Waals surface area (Å²) in [5.41, 5.74) is 8.96. The molecule has 310 valence electrons. The number of carbonyl (C=O) groups is 2. The van der Waals surface area contributed by atoms with Crippen LogP contribution in [0.15, 0.2) is 63.2 Å². The van der Waals surface area contributed by atoms with Gasteiger partial charge in [-0.1, -0.05) is 6.07 Å². The van der Waals surface area contributed by atoms with Crippen LogP contribution in [0.1, 0.15) is 67.6 Å². The van der Waals surface area contributed by atoms with Crippen molar-refractivity contribution in [2.24, 2.45) is 34.6 Å². The Hall–Kier alpha value is -5.05. The summed E-state index contributed by atoms with van der Waals surface area (Å²) < 4.78 is 47.4. The summed E-state index contributed by atoms with van der Waals surface area (Å²) in [6.45, 7) is 1.14. The third kappa shape index (κ3) is 10.9. The van der Waals surface area contributed by atoms with Crippen molar-refractivity contribution in [1.29, 1.82) is 5.26 Å². The number of nitrogens with one attached hydrogen (secondary N) is 1. The Labute approximate surface area is 340 Å². The number of aliphatic imine (C=N–C) groups is 2. The van der Waals surface area contributed by atoms with Crippen molar-refractivity contribution >= 4 is 52.6 Å². The molecule has 2 saturated heterocycles. The molecule has 1 aliphatic carbocycles. The number of halogens is 2. The first-order valence-electron chi connectivity index (χ1n) is 19.8. The summed E-state index contributed by atoms with van der Waals surface area (Å²) in [6.07, 6.45) is 10.5. The maximum absolute atomic E-state index is 13.8. The monoisotopic (exact) mass is 818 g/mol. The number of fused-ring (bicyclic) bond motifs is 1. The van der Waals surface area contributed by atoms with Crippen molar-refractivity contribution in [1.82, 2.24) is 24.3 Å². The number of nitriles is 1. The molecule has 3 fully saturated rings. The van der Waals surface area contributed by atoms with E-state index in [0.29, 0.717) is 60.0 Å². The summed E-state index contributed by atoms with van der Waals surface area (Å²) in [7, 11) is 2.02. The Bertz CT molecular complexity index is 2060. The Kier molecular flexibility index (Phi) is 14.7. The fourth-order valence-corrected chi connectivity index (χ4v) is 9.31. The highest BCUT2D eigenvalue weighted by Gasteiger charge is 2.34. The molecule has 3 heterocycles. The van der Waals surface area contributed by atoms with E-state index in [1.54, 1.807) is 23.9 Å². The Morgan fingerprint density at radius 1 is 1.14 bits per heavy atom. The van der Waals surface area contributed by atoms with Gasteiger partial charge in [0.15, 0.2) is 11.6 Å². The molecule has 2 amide bonds. The van der Waals surface area contributed by atoms with Crippen LogP contribution in [0.4, 0.5) is 14.6 Å². The summed E-state index contributed by atoms with van der Waals surface area (Å²) >= 11 is 0. The Morgan fingerprint density at radius 3 is 2.55 bits per heavy atom. The third-order valence-electron chi connectivity index (χ3n) is 11.4. The van der Waals surface area contributed by atoms with E-state index >= 15 is 0 Å². The minimum absolute atomic E-state index is 0.138. The molecule has 6 rings (SSSR count). The van der Waals surface area contributed by atoms with Gasteiger partial charge in [-0.25, -0.2) is 13.5 Å². The largest absolute Gasteiger partial charge is 0.432 e. The number of rotatable bonds is 18. The lowest BCUT2D eigenvalue weighted by atomic mass is 9.87. The molecule has 2 atom stereocenters. The second-order valence-corrected chi connectivity index (χ2v) is 16.6. The van der Waals surface area contributed by atoms with E-state index in [9.17, 15) is 27.8 Å². The predicted molar refractivity (Wildman–Crippen MR) is 220 cm³/mol. The fraction of sp³-hybridized carbons (Fsp3) is 0.512. The van der Waals surface area contributed by atoms with Crippen molar-refractivity contribution in [3.05, 3.63) is 65.0 Å². The highest BCUT2D eigenvalue weighted by Crippen LogP contribution is 2.41. The second-order valence-electron chi connectivity index (χ2n) is 15.1. The molecule has 2 aromatic carbocycles. The SMILES string of the molecule is CNC(=O)CCN(C=O)c1nn(C)c2cc(C3CCN(CC(Cc4cc(S(=O)N5CCC(N=C/C(=C\N=CN)OC(F)F)CC5)ccc4C#N)C4CC4)CC3)ccc12. The summed E-state index contributed by atoms with van der Waals surface area (Å²) in [5.74, 6) is 1.60. The number of amides is 2. The van der Waals surface area contributed by atoms with Crippen molar-refractivity contribution in [3.63, 3.8) is 0 Å². The lowest BCUT2D eigenvalue weighted by Gasteiger charge is -2.35. The standard InChI is InChI=1S/C41H52F2N10O4S/c1-46-39(55)13-16-52(27-54)40-37-8-6-30(21-38(37)50(2)49-40)29-9-14-51(15-10-29)25-33(28-3-4-28)19-32-20-36(7-5-31(32)22-44)58(56)53-17-11-34(12-18-53)48-24-35(23-47-26-45)57-41(42)43/h5-8,20-21,23-24,26-29,33-34,41H,3-4,9-19,25H2,1-2H3,(H2,45,47)(H,46,55)/b35-23+,48-24?. The number of aromatic nitrogens is 2. The van der Waals surface area contributed by atoms with Crippen LogP contribution in [0.5, 0.6) is 0 Å². The zero-order chi connectivity index (χ0) is 41.2. The van der Waals surface area contributed by atoms with E-state index < -0.39 is 17.6 Å². The number of benzene rings is 2. The number of ether oxygens (including phenoxy) is 1. The molecule has 58 heavy (non-hydrogen) atoms. The van der Waals surface area contributed by atoms with Crippen molar-refractivity contribution < 1.29 is 27.3 Å². The predicted octanol–water partition coefficient (Wildman–Crippen LogP) is 4.62. The molecule has 3 N–H and O–H groups in total. The van der Waals surface area contributed by atoms with Gasteiger partial charge in [-0.2, -0.15) is 19.1 Å². The Balaban J connectivity index is 1.05. The van der Waals surface area contributed by atoms with E-state index in [4.69, 9.17) is 5.73 Å². The molecule has 14 nitrogen and oxygen atoms in total. The van der Waals surface area contributed by atoms with E-state index in [-0.39, 0.29) is 30.7 Å². The molecule has 17 heteroatoms. The first-order chi connectivity index (χ1) is 28.1. The summed E-state index contributed by atoms with van der Waals surface area (Å²) in [5, 5.41) is 18.1. The van der Waals surface area contributed by atoms with E-state index in [1.807, 2.05) is 23.5 Å². The minimum atomic E-state index is -3.01. The van der Waals surface area contributed by atoms with Crippen LogP contribution in [0.3, 0.4) is 0 Å². The number of nitrogens with two attached hydrogens (primary N) is 1. The zero-order valence-electron chi connectivity index (χ0n) is 33.0. The van der Waals surface area contributed by atoms with Gasteiger partial charge in [0.2, 0.25) is 12.3 Å². The summed E-state index contributed by atoms with van der Waals surface area (Å²) in [4.78, 5) is 36.5. The summed E-state index contributed by atoms with van der Waals surface area (Å²) in [6, 6.07) is 14.1. The molecule has 3 aromatic rings. The highest BCUT2D eigenvalue weighted by molar-refractivity contribution is 7.82. The smallest absolute Gasteiger partial charge is 0.387 e. The lowest BCUT2D eigenvalue weighted by molar-refractivity contribution is -0.120. The minimum Gasteiger partial charge on any atom is -0.432 e. The van der Waals surface area contributed by atoms with Crippen molar-refractivity contribution in [2.75, 3.05) is 51.2 Å². The molecule has 2 aliphatic heterocycles. The average Bonchev–Trinajstić information content (AvgIpc) is 4.05. The molecule has 0 radical (unpaired) electrons. The first kappa shape index (κ1) is 42.6. The number of allylic oxidation sites excluding steroid dienone is 1. The van der Waals surface area contributed by atoms with Gasteiger partial charge in [0.1, 0.15) is 11.0 Å². The van der Waals surface area contributed by atoms with Gasteiger partial charge < -0.3 is 20.7 Å². The number of likely N-dealkylation sites (tertiary alicyclic amines) is 1. The van der Waals surface area contributed by atoms with Gasteiger partial charge in [0.05, 0.1) is 46.8 Å². The number of hydrogen-bond acceptors (Lipinski definition) is 9. The molecular formula is C41H52F2N10O4S. The molecule has 2 unspecified atom stereocenters. The van der Waals surface area contributed by atoms with Crippen LogP contribution in [0, 0.1) is 23.2 Å². The van der Waals surface area contributed by atoms with Gasteiger partial charge in [0, 0.05) is 52.1 Å². The zero-order valence-corrected chi connectivity index (χ0v) is 33.8. The van der Waals surface area contributed by atoms with Gasteiger partial charge in [-0.05, 0) is 117 Å². The van der Waals surface area contributed by atoms with Crippen LogP contribution in [0.2, 0.25) is 0 Å². The number of piperidine rings is 2. The highest BCUT2D eigenvalue weighted by atomic mass is 32.2. The average molecular weight is 819 g/mol. The lowest BCUT2D eigenvalue weighted by Crippen LogP contribution is -2.38. The topological polar surface area (TPSA) is 175 Å². The molecule has 1 aromatic heterocycles. The quantitative estimate of drug-likeness (QED) is 0.0810. The van der Waals surface area contributed by atoms with E-state index in [2.05, 4.69) is 48.2 Å². The van der Waals surface area contributed by atoms with Crippen LogP contribution >= 0.6 is 0 Å². The van der Waals surface area contributed by atoms with E-state index in [1.165, 1.54) is 29.5 Å². The van der Waals surface area contributed by atoms with Crippen LogP contribution < -0.4 is 16.0 Å². The number of anilines is 1. The fourth-order valence-electron chi connectivity index (χ4n) is 8.04. The second kappa shape index (κ2) is 20.1. The number of nitrogens with zero attached hydrogens (tertiary/aromatic N) is 8.